The van der Waals surface area contributed by atoms with Crippen LogP contribution in [0.15, 0.2) is 60.9 Å². The van der Waals surface area contributed by atoms with E-state index in [-0.39, 0.29) is 23.6 Å². The molecule has 1 fully saturated rings. The van der Waals surface area contributed by atoms with Crippen molar-refractivity contribution in [3.05, 3.63) is 77.2 Å². The minimum absolute atomic E-state index is 0.0564. The molecule has 0 saturated heterocycles. The van der Waals surface area contributed by atoms with Crippen molar-refractivity contribution in [1.29, 1.82) is 0 Å². The second-order valence-electron chi connectivity index (χ2n) is 10.0. The maximum Gasteiger partial charge on any atom is 0.314 e. The van der Waals surface area contributed by atoms with Gasteiger partial charge >= 0.3 is 11.8 Å². The van der Waals surface area contributed by atoms with E-state index in [1.165, 1.54) is 23.2 Å². The summed E-state index contributed by atoms with van der Waals surface area (Å²) in [6.07, 6.45) is 4.25. The number of hydrogen-bond donors (Lipinski definition) is 4. The summed E-state index contributed by atoms with van der Waals surface area (Å²) in [5.74, 6) is -2.34. The SMILES string of the molecule is CN(C)C(=O)[C@H]1CC[C@H](NC(=O)C(=O)Nc2ccc(Cl)cn2)[C@H](NC(=O)c2ccc(-c3ccnc(CN)c3)cc2)C1. The first-order valence-corrected chi connectivity index (χ1v) is 13.5. The van der Waals surface area contributed by atoms with Gasteiger partial charge in [0.25, 0.3) is 5.91 Å². The predicted molar refractivity (Wildman–Crippen MR) is 155 cm³/mol. The fourth-order valence-corrected chi connectivity index (χ4v) is 4.90. The van der Waals surface area contributed by atoms with Crippen molar-refractivity contribution in [3.63, 3.8) is 0 Å². The summed E-state index contributed by atoms with van der Waals surface area (Å²) >= 11 is 5.82. The van der Waals surface area contributed by atoms with Crippen LogP contribution in [0.5, 0.6) is 0 Å². The van der Waals surface area contributed by atoms with Gasteiger partial charge in [0, 0.05) is 50.6 Å². The summed E-state index contributed by atoms with van der Waals surface area (Å²) in [6, 6.07) is 12.7. The van der Waals surface area contributed by atoms with Gasteiger partial charge in [0.1, 0.15) is 5.82 Å². The number of aromatic nitrogens is 2. The van der Waals surface area contributed by atoms with E-state index >= 15 is 0 Å². The zero-order chi connectivity index (χ0) is 29.5. The highest BCUT2D eigenvalue weighted by atomic mass is 35.5. The molecule has 3 aromatic rings. The number of hydrogen-bond acceptors (Lipinski definition) is 7. The lowest BCUT2D eigenvalue weighted by Crippen LogP contribution is -2.57. The zero-order valence-corrected chi connectivity index (χ0v) is 23.5. The van der Waals surface area contributed by atoms with Crippen LogP contribution in [0.3, 0.4) is 0 Å². The smallest absolute Gasteiger partial charge is 0.314 e. The molecule has 1 aliphatic carbocycles. The van der Waals surface area contributed by atoms with Gasteiger partial charge in [-0.2, -0.15) is 0 Å². The maximum atomic E-state index is 13.3. The number of pyridine rings is 2. The lowest BCUT2D eigenvalue weighted by atomic mass is 9.81. The number of amides is 4. The number of rotatable bonds is 7. The molecule has 12 heteroatoms. The second-order valence-corrected chi connectivity index (χ2v) is 10.5. The first-order chi connectivity index (χ1) is 19.6. The Hall–Kier alpha value is -4.35. The fraction of sp³-hybridized carbons (Fsp3) is 0.310. The van der Waals surface area contributed by atoms with Crippen molar-refractivity contribution in [3.8, 4) is 11.1 Å². The lowest BCUT2D eigenvalue weighted by Gasteiger charge is -2.37. The average Bonchev–Trinajstić information content (AvgIpc) is 2.98. The van der Waals surface area contributed by atoms with E-state index in [0.29, 0.717) is 36.4 Å². The van der Waals surface area contributed by atoms with Gasteiger partial charge in [0.05, 0.1) is 16.8 Å². The van der Waals surface area contributed by atoms with Crippen LogP contribution in [-0.4, -0.2) is 64.7 Å². The Morgan fingerprint density at radius 3 is 2.34 bits per heavy atom. The monoisotopic (exact) mass is 577 g/mol. The molecular weight excluding hydrogens is 546 g/mol. The molecule has 0 aliphatic heterocycles. The van der Waals surface area contributed by atoms with Crippen molar-refractivity contribution in [1.82, 2.24) is 25.5 Å². The summed E-state index contributed by atoms with van der Waals surface area (Å²) < 4.78 is 0. The van der Waals surface area contributed by atoms with Crippen molar-refractivity contribution < 1.29 is 19.2 Å². The zero-order valence-electron chi connectivity index (χ0n) is 22.8. The predicted octanol–water partition coefficient (Wildman–Crippen LogP) is 2.37. The van der Waals surface area contributed by atoms with E-state index < -0.39 is 23.9 Å². The van der Waals surface area contributed by atoms with Gasteiger partial charge in [-0.1, -0.05) is 23.7 Å². The molecule has 11 nitrogen and oxygen atoms in total. The highest BCUT2D eigenvalue weighted by molar-refractivity contribution is 6.39. The van der Waals surface area contributed by atoms with Gasteiger partial charge in [-0.3, -0.25) is 24.2 Å². The molecule has 5 N–H and O–H groups in total. The summed E-state index contributed by atoms with van der Waals surface area (Å²) in [5, 5.41) is 8.52. The van der Waals surface area contributed by atoms with E-state index in [0.717, 1.165) is 16.8 Å². The topological polar surface area (TPSA) is 159 Å². The number of halogens is 1. The van der Waals surface area contributed by atoms with Crippen LogP contribution in [0.2, 0.25) is 5.02 Å². The van der Waals surface area contributed by atoms with Crippen LogP contribution >= 0.6 is 11.6 Å². The maximum absolute atomic E-state index is 13.3. The number of benzene rings is 1. The standard InChI is InChI=1S/C29H32ClN7O4/c1-37(2)29(41)20-7-9-23(34-27(39)28(40)36-25-10-8-21(30)16-33-25)24(14-20)35-26(38)18-5-3-17(4-6-18)19-11-12-32-22(13-19)15-31/h3-6,8,10-13,16,20,23-24H,7,9,14-15,31H2,1-2H3,(H,34,39)(H,35,38)(H,33,36,40)/t20-,23-,24+/m0/s1. The Morgan fingerprint density at radius 2 is 1.68 bits per heavy atom. The molecule has 0 radical (unpaired) electrons. The molecule has 1 aromatic carbocycles. The summed E-state index contributed by atoms with van der Waals surface area (Å²) in [6.45, 7) is 0.324. The lowest BCUT2D eigenvalue weighted by molar-refractivity contribution is -0.137. The number of nitrogens with zero attached hydrogens (tertiary/aromatic N) is 3. The van der Waals surface area contributed by atoms with Gasteiger partial charge in [0.15, 0.2) is 0 Å². The van der Waals surface area contributed by atoms with Crippen LogP contribution in [0.4, 0.5) is 5.82 Å². The molecule has 0 bridgehead atoms. The van der Waals surface area contributed by atoms with Gasteiger partial charge in [-0.15, -0.1) is 0 Å². The van der Waals surface area contributed by atoms with Gasteiger partial charge in [-0.05, 0) is 66.8 Å². The molecule has 2 aromatic heterocycles. The van der Waals surface area contributed by atoms with E-state index in [1.54, 1.807) is 32.4 Å². The van der Waals surface area contributed by atoms with Crippen LogP contribution in [0.1, 0.15) is 35.3 Å². The van der Waals surface area contributed by atoms with Gasteiger partial charge in [0.2, 0.25) is 5.91 Å². The van der Waals surface area contributed by atoms with E-state index in [2.05, 4.69) is 25.9 Å². The molecular formula is C29H32ClN7O4. The third-order valence-corrected chi connectivity index (χ3v) is 7.18. The fourth-order valence-electron chi connectivity index (χ4n) is 4.78. The van der Waals surface area contributed by atoms with Crippen LogP contribution < -0.4 is 21.7 Å². The highest BCUT2D eigenvalue weighted by Crippen LogP contribution is 2.27. The Kier molecular flexibility index (Phi) is 9.64. The molecule has 0 spiro atoms. The first kappa shape index (κ1) is 29.6. The first-order valence-electron chi connectivity index (χ1n) is 13.2. The second kappa shape index (κ2) is 13.3. The molecule has 214 valence electrons. The largest absolute Gasteiger partial charge is 0.349 e. The molecule has 3 atom stereocenters. The van der Waals surface area contributed by atoms with Crippen molar-refractivity contribution in [2.75, 3.05) is 19.4 Å². The summed E-state index contributed by atoms with van der Waals surface area (Å²) in [5.41, 5.74) is 8.70. The molecule has 2 heterocycles. The van der Waals surface area contributed by atoms with Crippen LogP contribution in [0, 0.1) is 5.92 Å². The average molecular weight is 578 g/mol. The minimum atomic E-state index is -0.902. The number of nitrogens with two attached hydrogens (primary N) is 1. The Morgan fingerprint density at radius 1 is 0.927 bits per heavy atom. The summed E-state index contributed by atoms with van der Waals surface area (Å²) in [4.78, 5) is 60.9. The van der Waals surface area contributed by atoms with Gasteiger partial charge < -0.3 is 26.6 Å². The Labute approximate surface area is 242 Å². The van der Waals surface area contributed by atoms with E-state index in [4.69, 9.17) is 17.3 Å². The summed E-state index contributed by atoms with van der Waals surface area (Å²) in [7, 11) is 3.36. The molecule has 4 amide bonds. The highest BCUT2D eigenvalue weighted by Gasteiger charge is 2.37. The molecule has 1 aliphatic rings. The molecule has 0 unspecified atom stereocenters. The normalized spacial score (nSPS) is 18.2. The molecule has 41 heavy (non-hydrogen) atoms. The Bertz CT molecular complexity index is 1410. The quantitative estimate of drug-likeness (QED) is 0.314. The van der Waals surface area contributed by atoms with Crippen molar-refractivity contribution >= 4 is 41.0 Å². The van der Waals surface area contributed by atoms with Crippen LogP contribution in [-0.2, 0) is 20.9 Å². The molecule has 4 rings (SSSR count). The van der Waals surface area contributed by atoms with Crippen LogP contribution in [0.25, 0.3) is 11.1 Å². The van der Waals surface area contributed by atoms with E-state index in [1.807, 2.05) is 24.3 Å². The van der Waals surface area contributed by atoms with Crippen molar-refractivity contribution in [2.24, 2.45) is 11.7 Å². The third kappa shape index (κ3) is 7.65. The number of carbonyl (C=O) groups is 4. The number of nitrogens with one attached hydrogen (secondary N) is 3. The van der Waals surface area contributed by atoms with E-state index in [9.17, 15) is 19.2 Å². The van der Waals surface area contributed by atoms with Crippen molar-refractivity contribution in [2.45, 2.75) is 37.9 Å². The number of anilines is 1. The van der Waals surface area contributed by atoms with Gasteiger partial charge in [-0.25, -0.2) is 4.98 Å². The minimum Gasteiger partial charge on any atom is -0.349 e. The third-order valence-electron chi connectivity index (χ3n) is 6.95. The number of carbonyl (C=O) groups excluding carboxylic acids is 4. The molecule has 1 saturated carbocycles. The Balaban J connectivity index is 1.46.